The fraction of sp³-hybridized carbons (Fsp3) is 0.375. The first-order valence-electron chi connectivity index (χ1n) is 13.9. The number of amides is 2. The molecule has 4 rings (SSSR count). The summed E-state index contributed by atoms with van der Waals surface area (Å²) < 4.78 is 29.1. The van der Waals surface area contributed by atoms with Crippen molar-refractivity contribution in [3.63, 3.8) is 0 Å². The molecule has 3 aromatic carbocycles. The first-order valence-corrected chi connectivity index (χ1v) is 15.3. The van der Waals surface area contributed by atoms with Gasteiger partial charge in [-0.2, -0.15) is 0 Å². The van der Waals surface area contributed by atoms with Gasteiger partial charge in [-0.3, -0.25) is 13.9 Å². The average Bonchev–Trinajstić information content (AvgIpc) is 3.46. The third-order valence-electron chi connectivity index (χ3n) is 7.93. The number of rotatable bonds is 10. The highest BCUT2D eigenvalue weighted by Gasteiger charge is 2.34. The lowest BCUT2D eigenvalue weighted by Gasteiger charge is -2.33. The van der Waals surface area contributed by atoms with Gasteiger partial charge in [0.2, 0.25) is 11.8 Å². The van der Waals surface area contributed by atoms with E-state index in [0.29, 0.717) is 5.69 Å². The van der Waals surface area contributed by atoms with Crippen molar-refractivity contribution in [3.05, 3.63) is 95.1 Å². The van der Waals surface area contributed by atoms with Gasteiger partial charge in [-0.15, -0.1) is 0 Å². The van der Waals surface area contributed by atoms with Crippen LogP contribution in [0.3, 0.4) is 0 Å². The Labute approximate surface area is 238 Å². The summed E-state index contributed by atoms with van der Waals surface area (Å²) in [6.07, 6.45) is 4.01. The maximum atomic E-state index is 14.1. The van der Waals surface area contributed by atoms with Crippen LogP contribution >= 0.6 is 0 Å². The minimum atomic E-state index is -4.08. The molecule has 1 saturated carbocycles. The Bertz CT molecular complexity index is 1450. The molecule has 212 valence electrons. The van der Waals surface area contributed by atoms with Crippen LogP contribution < -0.4 is 9.62 Å². The van der Waals surface area contributed by atoms with Crippen molar-refractivity contribution < 1.29 is 18.0 Å². The van der Waals surface area contributed by atoms with E-state index >= 15 is 0 Å². The molecule has 0 aliphatic heterocycles. The molecule has 0 bridgehead atoms. The highest BCUT2D eigenvalue weighted by atomic mass is 32.2. The van der Waals surface area contributed by atoms with Crippen molar-refractivity contribution >= 4 is 27.5 Å². The minimum absolute atomic E-state index is 0.0983. The van der Waals surface area contributed by atoms with Gasteiger partial charge < -0.3 is 10.2 Å². The van der Waals surface area contributed by atoms with Crippen molar-refractivity contribution in [3.8, 4) is 0 Å². The summed E-state index contributed by atoms with van der Waals surface area (Å²) in [5.74, 6) is -0.671. The number of benzene rings is 3. The molecule has 7 nitrogen and oxygen atoms in total. The fourth-order valence-corrected chi connectivity index (χ4v) is 6.68. The van der Waals surface area contributed by atoms with E-state index in [9.17, 15) is 18.0 Å². The summed E-state index contributed by atoms with van der Waals surface area (Å²) in [7, 11) is -4.08. The molecule has 1 unspecified atom stereocenters. The molecule has 1 N–H and O–H groups in total. The Balaban J connectivity index is 1.72. The van der Waals surface area contributed by atoms with Crippen LogP contribution in [0.4, 0.5) is 5.69 Å². The van der Waals surface area contributed by atoms with Gasteiger partial charge in [0.05, 0.1) is 10.6 Å². The van der Waals surface area contributed by atoms with Gasteiger partial charge in [0.15, 0.2) is 0 Å². The third-order valence-corrected chi connectivity index (χ3v) is 9.70. The molecule has 0 aromatic heterocycles. The van der Waals surface area contributed by atoms with Crippen LogP contribution in [0, 0.1) is 20.8 Å². The lowest BCUT2D eigenvalue weighted by Crippen LogP contribution is -2.52. The largest absolute Gasteiger partial charge is 0.352 e. The maximum Gasteiger partial charge on any atom is 0.264 e. The quantitative estimate of drug-likeness (QED) is 0.365. The number of nitrogens with one attached hydrogen (secondary N) is 1. The SMILES string of the molecule is Cc1ccccc1CN(C(=O)CN(c1cccc(C)c1C)S(=O)(=O)c1ccccc1)C(C)C(=O)NC1CCCC1. The zero-order chi connectivity index (χ0) is 28.9. The van der Waals surface area contributed by atoms with Crippen molar-refractivity contribution in [2.24, 2.45) is 0 Å². The van der Waals surface area contributed by atoms with Gasteiger partial charge in [0, 0.05) is 12.6 Å². The molecule has 1 atom stereocenters. The molecule has 1 aliphatic rings. The van der Waals surface area contributed by atoms with E-state index in [1.165, 1.54) is 21.3 Å². The number of hydrogen-bond acceptors (Lipinski definition) is 4. The summed E-state index contributed by atoms with van der Waals surface area (Å²) >= 11 is 0. The van der Waals surface area contributed by atoms with E-state index in [1.807, 2.05) is 51.1 Å². The van der Waals surface area contributed by atoms with E-state index in [1.54, 1.807) is 37.3 Å². The normalized spacial score (nSPS) is 14.5. The second kappa shape index (κ2) is 12.7. The predicted octanol–water partition coefficient (Wildman–Crippen LogP) is 5.28. The molecule has 0 spiro atoms. The van der Waals surface area contributed by atoms with Crippen LogP contribution in [-0.2, 0) is 26.2 Å². The first-order chi connectivity index (χ1) is 19.1. The van der Waals surface area contributed by atoms with Crippen molar-refractivity contribution in [1.82, 2.24) is 10.2 Å². The molecule has 40 heavy (non-hydrogen) atoms. The number of nitrogens with zero attached hydrogens (tertiary/aromatic N) is 2. The number of sulfonamides is 1. The lowest BCUT2D eigenvalue weighted by atomic mass is 10.1. The molecule has 0 radical (unpaired) electrons. The lowest BCUT2D eigenvalue weighted by molar-refractivity contribution is -0.139. The van der Waals surface area contributed by atoms with Crippen LogP contribution in [0.5, 0.6) is 0 Å². The zero-order valence-corrected chi connectivity index (χ0v) is 24.6. The summed E-state index contributed by atoms with van der Waals surface area (Å²) in [4.78, 5) is 29.1. The number of hydrogen-bond donors (Lipinski definition) is 1. The smallest absolute Gasteiger partial charge is 0.264 e. The molecule has 1 aliphatic carbocycles. The summed E-state index contributed by atoms with van der Waals surface area (Å²) in [6.45, 7) is 7.20. The number of carbonyl (C=O) groups excluding carboxylic acids is 2. The minimum Gasteiger partial charge on any atom is -0.352 e. The van der Waals surface area contributed by atoms with Crippen molar-refractivity contribution in [2.45, 2.75) is 76.9 Å². The molecule has 0 saturated heterocycles. The van der Waals surface area contributed by atoms with Gasteiger partial charge in [0.1, 0.15) is 12.6 Å². The first kappa shape index (κ1) is 29.3. The van der Waals surface area contributed by atoms with E-state index in [4.69, 9.17) is 0 Å². The summed E-state index contributed by atoms with van der Waals surface area (Å²) in [5, 5.41) is 3.11. The number of aryl methyl sites for hydroxylation is 2. The fourth-order valence-electron chi connectivity index (χ4n) is 5.18. The second-order valence-electron chi connectivity index (χ2n) is 10.7. The Kier molecular flexibility index (Phi) is 9.30. The zero-order valence-electron chi connectivity index (χ0n) is 23.8. The Morgan fingerprint density at radius 2 is 1.50 bits per heavy atom. The van der Waals surface area contributed by atoms with Crippen LogP contribution in [0.1, 0.15) is 54.9 Å². The highest BCUT2D eigenvalue weighted by Crippen LogP contribution is 2.29. The van der Waals surface area contributed by atoms with E-state index < -0.39 is 28.5 Å². The van der Waals surface area contributed by atoms with Gasteiger partial charge in [0.25, 0.3) is 10.0 Å². The summed E-state index contributed by atoms with van der Waals surface area (Å²) in [6, 6.07) is 20.6. The Morgan fingerprint density at radius 1 is 0.875 bits per heavy atom. The van der Waals surface area contributed by atoms with Gasteiger partial charge in [-0.1, -0.05) is 67.4 Å². The van der Waals surface area contributed by atoms with Crippen LogP contribution in [0.25, 0.3) is 0 Å². The van der Waals surface area contributed by atoms with Gasteiger partial charge in [-0.25, -0.2) is 8.42 Å². The van der Waals surface area contributed by atoms with Crippen molar-refractivity contribution in [2.75, 3.05) is 10.8 Å². The number of carbonyl (C=O) groups is 2. The molecule has 1 fully saturated rings. The molecular weight excluding hydrogens is 522 g/mol. The molecule has 2 amide bonds. The maximum absolute atomic E-state index is 14.1. The summed E-state index contributed by atoms with van der Waals surface area (Å²) in [5.41, 5.74) is 4.02. The average molecular weight is 562 g/mol. The molecular formula is C32H39N3O4S. The van der Waals surface area contributed by atoms with Crippen LogP contribution in [-0.4, -0.2) is 43.8 Å². The second-order valence-corrected chi connectivity index (χ2v) is 12.5. The molecule has 0 heterocycles. The third kappa shape index (κ3) is 6.55. The van der Waals surface area contributed by atoms with E-state index in [0.717, 1.165) is 47.9 Å². The Hall–Kier alpha value is -3.65. The highest BCUT2D eigenvalue weighted by molar-refractivity contribution is 7.92. The number of anilines is 1. The van der Waals surface area contributed by atoms with Gasteiger partial charge >= 0.3 is 0 Å². The topological polar surface area (TPSA) is 86.8 Å². The van der Waals surface area contributed by atoms with Crippen LogP contribution in [0.2, 0.25) is 0 Å². The molecule has 8 heteroatoms. The van der Waals surface area contributed by atoms with E-state index in [-0.39, 0.29) is 23.4 Å². The monoisotopic (exact) mass is 561 g/mol. The Morgan fingerprint density at radius 3 is 2.17 bits per heavy atom. The standard InChI is InChI=1S/C32H39N3O4S/c1-23-14-12-20-30(25(23)3)35(40(38,39)29-18-6-5-7-19-29)22-31(36)34(21-27-15-9-8-13-24(27)2)26(4)32(37)33-28-16-10-11-17-28/h5-9,12-15,18-20,26,28H,10-11,16-17,21-22H2,1-4H3,(H,33,37). The van der Waals surface area contributed by atoms with Crippen LogP contribution in [0.15, 0.2) is 77.7 Å². The predicted molar refractivity (Wildman–Crippen MR) is 158 cm³/mol. The van der Waals surface area contributed by atoms with Gasteiger partial charge in [-0.05, 0) is 81.0 Å². The molecule has 3 aromatic rings. The van der Waals surface area contributed by atoms with Crippen molar-refractivity contribution in [1.29, 1.82) is 0 Å². The van der Waals surface area contributed by atoms with E-state index in [2.05, 4.69) is 5.32 Å².